The van der Waals surface area contributed by atoms with Gasteiger partial charge in [-0.05, 0) is 39.5 Å². The molecule has 0 saturated carbocycles. The van der Waals surface area contributed by atoms with Gasteiger partial charge in [-0.2, -0.15) is 0 Å². The van der Waals surface area contributed by atoms with E-state index in [0.29, 0.717) is 6.54 Å². The van der Waals surface area contributed by atoms with Crippen LogP contribution >= 0.6 is 15.9 Å². The number of nitrogens with zero attached hydrogens (tertiary/aromatic N) is 1. The molecule has 100 valence electrons. The number of hydrogen-bond acceptors (Lipinski definition) is 4. The average Bonchev–Trinajstić information content (AvgIpc) is 2.39. The Morgan fingerprint density at radius 3 is 2.94 bits per heavy atom. The summed E-state index contributed by atoms with van der Waals surface area (Å²) in [7, 11) is 1.66. The van der Waals surface area contributed by atoms with E-state index >= 15 is 0 Å². The van der Waals surface area contributed by atoms with Crippen LogP contribution in [0.25, 0.3) is 0 Å². The lowest BCUT2D eigenvalue weighted by Crippen LogP contribution is -2.38. The van der Waals surface area contributed by atoms with Crippen LogP contribution in [0.15, 0.2) is 16.6 Å². The molecule has 0 bridgehead atoms. The number of ether oxygens (including phenoxy) is 1. The first kappa shape index (κ1) is 13.8. The molecule has 4 nitrogen and oxygen atoms in total. The minimum atomic E-state index is -0.670. The average molecular weight is 316 g/mol. The van der Waals surface area contributed by atoms with E-state index in [1.807, 2.05) is 6.07 Å². The Kier molecular flexibility index (Phi) is 4.61. The Balaban J connectivity index is 2.17. The number of benzene rings is 1. The summed E-state index contributed by atoms with van der Waals surface area (Å²) in [6, 6.07) is 4.07. The zero-order valence-corrected chi connectivity index (χ0v) is 12.0. The predicted molar refractivity (Wildman–Crippen MR) is 72.8 cm³/mol. The second-order valence-corrected chi connectivity index (χ2v) is 5.33. The van der Waals surface area contributed by atoms with Gasteiger partial charge < -0.3 is 14.9 Å². The molecule has 1 unspecified atom stereocenters. The van der Waals surface area contributed by atoms with Crippen molar-refractivity contribution in [1.29, 1.82) is 0 Å². The van der Waals surface area contributed by atoms with Crippen molar-refractivity contribution in [3.63, 3.8) is 0 Å². The first-order valence-corrected chi connectivity index (χ1v) is 6.80. The van der Waals surface area contributed by atoms with E-state index < -0.39 is 6.10 Å². The van der Waals surface area contributed by atoms with Gasteiger partial charge in [-0.3, -0.25) is 4.90 Å². The molecule has 2 rings (SSSR count). The molecular formula is C13H18BrNO3. The van der Waals surface area contributed by atoms with Crippen LogP contribution in [-0.4, -0.2) is 48.0 Å². The third-order valence-electron chi connectivity index (χ3n) is 3.28. The number of aliphatic hydroxyl groups excluding tert-OH is 2. The van der Waals surface area contributed by atoms with Crippen LogP contribution < -0.4 is 4.74 Å². The van der Waals surface area contributed by atoms with E-state index in [4.69, 9.17) is 9.84 Å². The maximum Gasteiger partial charge on any atom is 0.133 e. The summed E-state index contributed by atoms with van der Waals surface area (Å²) >= 11 is 3.57. The number of β-amino-alcohol motifs (C(OH)–C–C–N with tert-alkyl or cyclic N) is 1. The molecule has 1 heterocycles. The molecule has 0 saturated heterocycles. The Labute approximate surface area is 115 Å². The fraction of sp³-hybridized carbons (Fsp3) is 0.538. The Morgan fingerprint density at radius 1 is 1.50 bits per heavy atom. The summed E-state index contributed by atoms with van der Waals surface area (Å²) in [6.45, 7) is 1.98. The molecular weight excluding hydrogens is 298 g/mol. The molecule has 0 aromatic heterocycles. The maximum absolute atomic E-state index is 9.50. The number of hydrogen-bond donors (Lipinski definition) is 2. The van der Waals surface area contributed by atoms with Gasteiger partial charge in [-0.15, -0.1) is 0 Å². The monoisotopic (exact) mass is 315 g/mol. The standard InChI is InChI=1S/C13H18BrNO3/c1-18-12-3-2-9-4-5-15(6-10(17)8-16)7-11(9)13(12)14/h2-3,10,16-17H,4-8H2,1H3. The van der Waals surface area contributed by atoms with Crippen LogP contribution in [0.2, 0.25) is 0 Å². The smallest absolute Gasteiger partial charge is 0.133 e. The number of aliphatic hydroxyl groups is 2. The first-order chi connectivity index (χ1) is 8.65. The summed E-state index contributed by atoms with van der Waals surface area (Å²) in [4.78, 5) is 2.15. The molecule has 0 fully saturated rings. The largest absolute Gasteiger partial charge is 0.496 e. The molecule has 0 amide bonds. The summed E-state index contributed by atoms with van der Waals surface area (Å²) in [6.07, 6.45) is 0.284. The van der Waals surface area contributed by atoms with E-state index in [9.17, 15) is 5.11 Å². The number of methoxy groups -OCH3 is 1. The Hall–Kier alpha value is -0.620. The van der Waals surface area contributed by atoms with Crippen molar-refractivity contribution in [3.05, 3.63) is 27.7 Å². The highest BCUT2D eigenvalue weighted by Crippen LogP contribution is 2.34. The van der Waals surface area contributed by atoms with Crippen molar-refractivity contribution in [1.82, 2.24) is 4.90 Å². The van der Waals surface area contributed by atoms with Crippen LogP contribution in [0.4, 0.5) is 0 Å². The van der Waals surface area contributed by atoms with E-state index in [0.717, 1.165) is 29.7 Å². The predicted octanol–water partition coefficient (Wildman–Crippen LogP) is 1.17. The third-order valence-corrected chi connectivity index (χ3v) is 4.15. The topological polar surface area (TPSA) is 52.9 Å². The van der Waals surface area contributed by atoms with Crippen LogP contribution in [0.5, 0.6) is 5.75 Å². The van der Waals surface area contributed by atoms with Crippen molar-refractivity contribution in [2.75, 3.05) is 26.8 Å². The second kappa shape index (κ2) is 6.02. The van der Waals surface area contributed by atoms with Gasteiger partial charge >= 0.3 is 0 Å². The minimum absolute atomic E-state index is 0.192. The zero-order chi connectivity index (χ0) is 13.1. The van der Waals surface area contributed by atoms with Gasteiger partial charge in [0.1, 0.15) is 5.75 Å². The molecule has 1 atom stereocenters. The lowest BCUT2D eigenvalue weighted by atomic mass is 9.99. The SMILES string of the molecule is COc1ccc2c(c1Br)CN(CC(O)CO)CC2. The summed E-state index contributed by atoms with van der Waals surface area (Å²) in [5, 5.41) is 18.4. The van der Waals surface area contributed by atoms with Gasteiger partial charge in [0.15, 0.2) is 0 Å². The first-order valence-electron chi connectivity index (χ1n) is 6.01. The Bertz CT molecular complexity index is 425. The van der Waals surface area contributed by atoms with Crippen molar-refractivity contribution in [2.45, 2.75) is 19.1 Å². The molecule has 1 aromatic carbocycles. The highest BCUT2D eigenvalue weighted by atomic mass is 79.9. The van der Waals surface area contributed by atoms with Crippen molar-refractivity contribution >= 4 is 15.9 Å². The molecule has 0 spiro atoms. The molecule has 2 N–H and O–H groups in total. The number of rotatable bonds is 4. The molecule has 5 heteroatoms. The van der Waals surface area contributed by atoms with Crippen molar-refractivity contribution in [3.8, 4) is 5.75 Å². The van der Waals surface area contributed by atoms with Crippen molar-refractivity contribution in [2.24, 2.45) is 0 Å². The van der Waals surface area contributed by atoms with Gasteiger partial charge in [0.05, 0.1) is 24.3 Å². The van der Waals surface area contributed by atoms with E-state index in [1.165, 1.54) is 11.1 Å². The number of halogens is 1. The molecule has 0 aliphatic carbocycles. The molecule has 1 aromatic rings. The summed E-state index contributed by atoms with van der Waals surface area (Å²) < 4.78 is 6.29. The Morgan fingerprint density at radius 2 is 2.28 bits per heavy atom. The molecule has 0 radical (unpaired) electrons. The van der Waals surface area contributed by atoms with Crippen LogP contribution in [0, 0.1) is 0 Å². The van der Waals surface area contributed by atoms with Gasteiger partial charge in [-0.25, -0.2) is 0 Å². The molecule has 1 aliphatic heterocycles. The minimum Gasteiger partial charge on any atom is -0.496 e. The third kappa shape index (κ3) is 2.85. The van der Waals surface area contributed by atoms with E-state index in [-0.39, 0.29) is 6.61 Å². The van der Waals surface area contributed by atoms with Crippen LogP contribution in [0.1, 0.15) is 11.1 Å². The van der Waals surface area contributed by atoms with Crippen LogP contribution in [0.3, 0.4) is 0 Å². The lowest BCUT2D eigenvalue weighted by Gasteiger charge is -2.31. The lowest BCUT2D eigenvalue weighted by molar-refractivity contribution is 0.0550. The summed E-state index contributed by atoms with van der Waals surface area (Å²) in [5.41, 5.74) is 2.53. The summed E-state index contributed by atoms with van der Waals surface area (Å²) in [5.74, 6) is 0.832. The van der Waals surface area contributed by atoms with Gasteiger partial charge in [0.2, 0.25) is 0 Å². The maximum atomic E-state index is 9.50. The van der Waals surface area contributed by atoms with Gasteiger partial charge in [0, 0.05) is 19.6 Å². The highest BCUT2D eigenvalue weighted by Gasteiger charge is 2.21. The molecule has 18 heavy (non-hydrogen) atoms. The van der Waals surface area contributed by atoms with Gasteiger partial charge in [-0.1, -0.05) is 6.07 Å². The normalized spacial score (nSPS) is 17.3. The fourth-order valence-corrected chi connectivity index (χ4v) is 2.97. The highest BCUT2D eigenvalue weighted by molar-refractivity contribution is 9.10. The second-order valence-electron chi connectivity index (χ2n) is 4.54. The van der Waals surface area contributed by atoms with Crippen molar-refractivity contribution < 1.29 is 14.9 Å². The molecule has 1 aliphatic rings. The van der Waals surface area contributed by atoms with E-state index in [1.54, 1.807) is 7.11 Å². The van der Waals surface area contributed by atoms with Gasteiger partial charge in [0.25, 0.3) is 0 Å². The number of fused-ring (bicyclic) bond motifs is 1. The van der Waals surface area contributed by atoms with Crippen LogP contribution in [-0.2, 0) is 13.0 Å². The zero-order valence-electron chi connectivity index (χ0n) is 10.4. The van der Waals surface area contributed by atoms with E-state index in [2.05, 4.69) is 26.9 Å². The quantitative estimate of drug-likeness (QED) is 0.876. The fourth-order valence-electron chi connectivity index (χ4n) is 2.30.